The number of benzene rings is 3. The molecule has 11 heteroatoms. The quantitative estimate of drug-likeness (QED) is 0.250. The summed E-state index contributed by atoms with van der Waals surface area (Å²) in [5.41, 5.74) is 1.62. The van der Waals surface area contributed by atoms with Crippen LogP contribution in [0.25, 0.3) is 0 Å². The minimum Gasteiger partial charge on any atom is -0.497 e. The lowest BCUT2D eigenvalue weighted by Gasteiger charge is -2.34. The second-order valence-corrected chi connectivity index (χ2v) is 12.5. The summed E-state index contributed by atoms with van der Waals surface area (Å²) in [6, 6.07) is 17.1. The number of carbonyl (C=O) groups is 2. The van der Waals surface area contributed by atoms with Gasteiger partial charge in [-0.05, 0) is 62.6 Å². The van der Waals surface area contributed by atoms with Gasteiger partial charge < -0.3 is 19.7 Å². The summed E-state index contributed by atoms with van der Waals surface area (Å²) in [6.45, 7) is 6.88. The van der Waals surface area contributed by atoms with Gasteiger partial charge >= 0.3 is 0 Å². The Kier molecular flexibility index (Phi) is 11.9. The maximum Gasteiger partial charge on any atom is 0.264 e. The van der Waals surface area contributed by atoms with Crippen LogP contribution in [0.1, 0.15) is 44.7 Å². The fourth-order valence-electron chi connectivity index (χ4n) is 4.51. The van der Waals surface area contributed by atoms with E-state index in [1.165, 1.54) is 37.3 Å². The molecule has 0 bridgehead atoms. The largest absolute Gasteiger partial charge is 0.497 e. The van der Waals surface area contributed by atoms with Gasteiger partial charge in [0.2, 0.25) is 11.8 Å². The standard InChI is InChI=1S/C32H40ClN3O6S/c1-7-23(4)34-32(38)28(8-2)35(20-24-11-9-10-12-27(24)33)31(37)21-36(29-19-25(41-5)15-18-30(29)42-6)43(39,40)26-16-13-22(3)14-17-26/h9-19,23,28H,7-8,20-21H2,1-6H3,(H,34,38)/t23-,28-/m1/s1. The third-order valence-corrected chi connectivity index (χ3v) is 9.37. The highest BCUT2D eigenvalue weighted by Gasteiger charge is 2.35. The fraction of sp³-hybridized carbons (Fsp3) is 0.375. The first-order valence-corrected chi connectivity index (χ1v) is 15.9. The molecule has 0 saturated heterocycles. The van der Waals surface area contributed by atoms with Gasteiger partial charge in [0.05, 0.1) is 24.8 Å². The van der Waals surface area contributed by atoms with Crippen LogP contribution in [0.15, 0.2) is 71.6 Å². The van der Waals surface area contributed by atoms with Gasteiger partial charge in [0.15, 0.2) is 0 Å². The molecule has 0 aliphatic heterocycles. The molecule has 232 valence electrons. The molecule has 3 rings (SSSR count). The summed E-state index contributed by atoms with van der Waals surface area (Å²) in [7, 11) is -1.41. The van der Waals surface area contributed by atoms with E-state index in [4.69, 9.17) is 21.1 Å². The Morgan fingerprint density at radius 3 is 2.21 bits per heavy atom. The van der Waals surface area contributed by atoms with Crippen molar-refractivity contribution < 1.29 is 27.5 Å². The Balaban J connectivity index is 2.16. The zero-order valence-electron chi connectivity index (χ0n) is 25.5. The van der Waals surface area contributed by atoms with Gasteiger partial charge in [-0.15, -0.1) is 0 Å². The molecular weight excluding hydrogens is 590 g/mol. The highest BCUT2D eigenvalue weighted by atomic mass is 35.5. The van der Waals surface area contributed by atoms with Crippen LogP contribution >= 0.6 is 11.6 Å². The Morgan fingerprint density at radius 1 is 0.953 bits per heavy atom. The number of hydrogen-bond donors (Lipinski definition) is 1. The number of aryl methyl sites for hydroxylation is 1. The number of carbonyl (C=O) groups excluding carboxylic acids is 2. The maximum atomic E-state index is 14.3. The van der Waals surface area contributed by atoms with E-state index in [-0.39, 0.29) is 34.8 Å². The van der Waals surface area contributed by atoms with Gasteiger partial charge in [0.25, 0.3) is 10.0 Å². The normalized spacial score (nSPS) is 12.6. The van der Waals surface area contributed by atoms with E-state index in [2.05, 4.69) is 5.32 Å². The summed E-state index contributed by atoms with van der Waals surface area (Å²) >= 11 is 6.47. The molecule has 43 heavy (non-hydrogen) atoms. The van der Waals surface area contributed by atoms with Crippen LogP contribution in [0.2, 0.25) is 5.02 Å². The highest BCUT2D eigenvalue weighted by Crippen LogP contribution is 2.36. The van der Waals surface area contributed by atoms with Crippen molar-refractivity contribution in [3.05, 3.63) is 82.9 Å². The molecule has 2 amide bonds. The number of nitrogens with one attached hydrogen (secondary N) is 1. The summed E-state index contributed by atoms with van der Waals surface area (Å²) in [5, 5.41) is 3.39. The molecule has 3 aromatic carbocycles. The van der Waals surface area contributed by atoms with Crippen molar-refractivity contribution in [1.82, 2.24) is 10.2 Å². The number of anilines is 1. The van der Waals surface area contributed by atoms with E-state index in [0.717, 1.165) is 9.87 Å². The number of halogens is 1. The molecule has 0 aliphatic rings. The van der Waals surface area contributed by atoms with Crippen LogP contribution in [-0.4, -0.2) is 58.0 Å². The van der Waals surface area contributed by atoms with Crippen LogP contribution in [0.4, 0.5) is 5.69 Å². The van der Waals surface area contributed by atoms with E-state index in [1.54, 1.807) is 55.5 Å². The molecule has 3 aromatic rings. The topological polar surface area (TPSA) is 105 Å². The van der Waals surface area contributed by atoms with Crippen molar-refractivity contribution in [2.45, 2.75) is 64.1 Å². The zero-order valence-corrected chi connectivity index (χ0v) is 27.0. The molecule has 0 radical (unpaired) electrons. The molecule has 0 unspecified atom stereocenters. The van der Waals surface area contributed by atoms with Crippen molar-refractivity contribution >= 4 is 39.1 Å². The lowest BCUT2D eigenvalue weighted by atomic mass is 10.1. The number of amides is 2. The number of methoxy groups -OCH3 is 2. The summed E-state index contributed by atoms with van der Waals surface area (Å²) in [5.74, 6) is -0.320. The Hall–Kier alpha value is -3.76. The molecule has 0 fully saturated rings. The van der Waals surface area contributed by atoms with Crippen molar-refractivity contribution in [3.8, 4) is 11.5 Å². The van der Waals surface area contributed by atoms with E-state index >= 15 is 0 Å². The average Bonchev–Trinajstić information content (AvgIpc) is 3.00. The van der Waals surface area contributed by atoms with Gasteiger partial charge in [-0.3, -0.25) is 13.9 Å². The third-order valence-electron chi connectivity index (χ3n) is 7.23. The zero-order chi connectivity index (χ0) is 31.7. The number of hydrogen-bond acceptors (Lipinski definition) is 6. The summed E-state index contributed by atoms with van der Waals surface area (Å²) < 4.78 is 40.3. The first-order valence-electron chi connectivity index (χ1n) is 14.1. The second-order valence-electron chi connectivity index (χ2n) is 10.2. The highest BCUT2D eigenvalue weighted by molar-refractivity contribution is 7.92. The molecule has 9 nitrogen and oxygen atoms in total. The average molecular weight is 630 g/mol. The summed E-state index contributed by atoms with van der Waals surface area (Å²) in [4.78, 5) is 29.1. The predicted molar refractivity (Wildman–Crippen MR) is 169 cm³/mol. The van der Waals surface area contributed by atoms with Gasteiger partial charge in [0.1, 0.15) is 24.1 Å². The second kappa shape index (κ2) is 15.1. The minimum absolute atomic E-state index is 0.00138. The lowest BCUT2D eigenvalue weighted by Crippen LogP contribution is -2.53. The molecule has 0 spiro atoms. The number of rotatable bonds is 14. The molecule has 2 atom stereocenters. The van der Waals surface area contributed by atoms with Crippen LogP contribution < -0.4 is 19.1 Å². The molecule has 0 heterocycles. The first kappa shape index (κ1) is 33.7. The Morgan fingerprint density at radius 2 is 1.63 bits per heavy atom. The predicted octanol–water partition coefficient (Wildman–Crippen LogP) is 5.58. The SMILES string of the molecule is CC[C@@H](C)NC(=O)[C@@H](CC)N(Cc1ccccc1Cl)C(=O)CN(c1cc(OC)ccc1OC)S(=O)(=O)c1ccc(C)cc1. The fourth-order valence-corrected chi connectivity index (χ4v) is 6.13. The van der Waals surface area contributed by atoms with Crippen molar-refractivity contribution in [2.75, 3.05) is 25.1 Å². The lowest BCUT2D eigenvalue weighted by molar-refractivity contribution is -0.140. The Labute approximate surface area is 259 Å². The first-order chi connectivity index (χ1) is 20.5. The van der Waals surface area contributed by atoms with Gasteiger partial charge in [0, 0.05) is 23.7 Å². The third kappa shape index (κ3) is 8.20. The molecule has 0 aliphatic carbocycles. The number of ether oxygens (including phenoxy) is 2. The number of sulfonamides is 1. The molecule has 1 N–H and O–H groups in total. The van der Waals surface area contributed by atoms with Gasteiger partial charge in [-0.2, -0.15) is 0 Å². The van der Waals surface area contributed by atoms with Crippen molar-refractivity contribution in [3.63, 3.8) is 0 Å². The van der Waals surface area contributed by atoms with Crippen molar-refractivity contribution in [2.24, 2.45) is 0 Å². The van der Waals surface area contributed by atoms with Crippen LogP contribution in [-0.2, 0) is 26.2 Å². The van der Waals surface area contributed by atoms with Crippen molar-refractivity contribution in [1.29, 1.82) is 0 Å². The smallest absolute Gasteiger partial charge is 0.264 e. The van der Waals surface area contributed by atoms with E-state index in [1.807, 2.05) is 20.8 Å². The van der Waals surface area contributed by atoms with Crippen LogP contribution in [0.5, 0.6) is 11.5 Å². The molecule has 0 aromatic heterocycles. The van der Waals surface area contributed by atoms with E-state index in [9.17, 15) is 18.0 Å². The molecular formula is C32H40ClN3O6S. The Bertz CT molecular complexity index is 1510. The summed E-state index contributed by atoms with van der Waals surface area (Å²) in [6.07, 6.45) is 1.00. The number of nitrogens with zero attached hydrogens (tertiary/aromatic N) is 2. The van der Waals surface area contributed by atoms with Crippen LogP contribution in [0.3, 0.4) is 0 Å². The monoisotopic (exact) mass is 629 g/mol. The van der Waals surface area contributed by atoms with Gasteiger partial charge in [-0.25, -0.2) is 8.42 Å². The maximum absolute atomic E-state index is 14.3. The minimum atomic E-state index is -4.29. The van der Waals surface area contributed by atoms with E-state index in [0.29, 0.717) is 29.2 Å². The van der Waals surface area contributed by atoms with E-state index < -0.39 is 28.5 Å². The van der Waals surface area contributed by atoms with Gasteiger partial charge in [-0.1, -0.05) is 61.3 Å². The van der Waals surface area contributed by atoms with Crippen LogP contribution in [0, 0.1) is 6.92 Å². The molecule has 0 saturated carbocycles.